The molecule has 2 aliphatic rings. The van der Waals surface area contributed by atoms with Crippen molar-refractivity contribution < 1.29 is 14.9 Å². The van der Waals surface area contributed by atoms with Crippen molar-refractivity contribution in [1.82, 2.24) is 19.5 Å². The Hall–Kier alpha value is -2.26. The third-order valence-electron chi connectivity index (χ3n) is 4.46. The maximum atomic E-state index is 10.0. The lowest BCUT2D eigenvalue weighted by Crippen LogP contribution is -2.29. The van der Waals surface area contributed by atoms with Crippen molar-refractivity contribution in [3.63, 3.8) is 0 Å². The first kappa shape index (κ1) is 14.3. The molecule has 0 spiro atoms. The first-order chi connectivity index (χ1) is 11.1. The Bertz CT molecular complexity index is 741. The lowest BCUT2D eigenvalue weighted by Gasteiger charge is -2.16. The minimum atomic E-state index is -1.34. The smallest absolute Gasteiger partial charge is 0.215 e. The number of hydrogen-bond acceptors (Lipinski definition) is 8. The lowest BCUT2D eigenvalue weighted by atomic mass is 10.2. The molecule has 9 heteroatoms. The van der Waals surface area contributed by atoms with Crippen LogP contribution in [0.1, 0.15) is 31.9 Å². The van der Waals surface area contributed by atoms with E-state index >= 15 is 0 Å². The Labute approximate surface area is 131 Å². The van der Waals surface area contributed by atoms with E-state index in [4.69, 9.17) is 10.1 Å². The van der Waals surface area contributed by atoms with Gasteiger partial charge in [0.1, 0.15) is 18.8 Å². The monoisotopic (exact) mass is 318 g/mol. The third-order valence-corrected chi connectivity index (χ3v) is 4.46. The molecule has 3 heterocycles. The molecule has 0 bridgehead atoms. The van der Waals surface area contributed by atoms with Crippen LogP contribution in [0.4, 0.5) is 5.82 Å². The standard InChI is InChI=1S/C14H18N6O3/c15-11-9(21)10(22)14(23-11)20-6-18-8-12(16-5-17-13(8)20)19-7-3-1-2-4-7/h5-7,9-10,14-15,21-22H,1-4H2,(H,16,17,19)/t9-,10+,14+/m0/s1. The molecule has 4 rings (SSSR count). The summed E-state index contributed by atoms with van der Waals surface area (Å²) in [6.07, 6.45) is 4.07. The van der Waals surface area contributed by atoms with Crippen molar-refractivity contribution in [3.05, 3.63) is 12.7 Å². The number of ether oxygens (including phenoxy) is 1. The van der Waals surface area contributed by atoms with Crippen LogP contribution in [0.2, 0.25) is 0 Å². The van der Waals surface area contributed by atoms with Crippen molar-refractivity contribution in [2.45, 2.75) is 50.2 Å². The SMILES string of the molecule is N=C1O[C@@H](n2cnc3c(NC4CCCC4)ncnc32)[C@H](O)[C@@H]1O. The molecule has 4 N–H and O–H groups in total. The Morgan fingerprint density at radius 2 is 2.00 bits per heavy atom. The molecule has 23 heavy (non-hydrogen) atoms. The van der Waals surface area contributed by atoms with E-state index < -0.39 is 18.4 Å². The second-order valence-corrected chi connectivity index (χ2v) is 5.98. The summed E-state index contributed by atoms with van der Waals surface area (Å²) in [6, 6.07) is 0.390. The number of rotatable bonds is 3. The Kier molecular flexibility index (Phi) is 3.38. The summed E-state index contributed by atoms with van der Waals surface area (Å²) in [5.74, 6) is 0.298. The zero-order valence-corrected chi connectivity index (χ0v) is 12.4. The highest BCUT2D eigenvalue weighted by molar-refractivity contribution is 5.84. The fraction of sp³-hybridized carbons (Fsp3) is 0.571. The van der Waals surface area contributed by atoms with Crippen LogP contribution in [-0.2, 0) is 4.74 Å². The second-order valence-electron chi connectivity index (χ2n) is 5.98. The summed E-state index contributed by atoms with van der Waals surface area (Å²) in [5, 5.41) is 30.6. The maximum absolute atomic E-state index is 10.0. The molecule has 1 aliphatic carbocycles. The van der Waals surface area contributed by atoms with E-state index in [1.807, 2.05) is 0 Å². The van der Waals surface area contributed by atoms with Crippen molar-refractivity contribution in [2.75, 3.05) is 5.32 Å². The highest BCUT2D eigenvalue weighted by atomic mass is 16.6. The van der Waals surface area contributed by atoms with Gasteiger partial charge in [0, 0.05) is 6.04 Å². The molecule has 0 radical (unpaired) electrons. The molecule has 2 aromatic heterocycles. The molecule has 1 saturated heterocycles. The van der Waals surface area contributed by atoms with Gasteiger partial charge < -0.3 is 20.3 Å². The van der Waals surface area contributed by atoms with Crippen molar-refractivity contribution in [3.8, 4) is 0 Å². The minimum Gasteiger partial charge on any atom is -0.452 e. The Morgan fingerprint density at radius 3 is 2.70 bits per heavy atom. The summed E-state index contributed by atoms with van der Waals surface area (Å²) in [5.41, 5.74) is 1.08. The molecular formula is C14H18N6O3. The van der Waals surface area contributed by atoms with E-state index in [0.29, 0.717) is 23.0 Å². The average Bonchev–Trinajstić information content (AvgIpc) is 3.25. The normalized spacial score (nSPS) is 28.4. The van der Waals surface area contributed by atoms with Crippen LogP contribution in [0.15, 0.2) is 12.7 Å². The molecule has 1 aliphatic heterocycles. The Balaban J connectivity index is 1.68. The largest absolute Gasteiger partial charge is 0.452 e. The van der Waals surface area contributed by atoms with Crippen LogP contribution >= 0.6 is 0 Å². The number of anilines is 1. The number of nitrogens with zero attached hydrogens (tertiary/aromatic N) is 4. The fourth-order valence-corrected chi connectivity index (χ4v) is 3.21. The van der Waals surface area contributed by atoms with Gasteiger partial charge in [-0.2, -0.15) is 0 Å². The van der Waals surface area contributed by atoms with Gasteiger partial charge in [-0.1, -0.05) is 12.8 Å². The van der Waals surface area contributed by atoms with Crippen LogP contribution in [0.5, 0.6) is 0 Å². The molecular weight excluding hydrogens is 300 g/mol. The van der Waals surface area contributed by atoms with Crippen LogP contribution < -0.4 is 5.32 Å². The van der Waals surface area contributed by atoms with E-state index in [-0.39, 0.29) is 5.90 Å². The lowest BCUT2D eigenvalue weighted by molar-refractivity contribution is -0.00950. The van der Waals surface area contributed by atoms with Gasteiger partial charge in [-0.05, 0) is 12.8 Å². The maximum Gasteiger partial charge on any atom is 0.215 e. The van der Waals surface area contributed by atoms with Gasteiger partial charge in [-0.15, -0.1) is 0 Å². The first-order valence-electron chi connectivity index (χ1n) is 7.70. The van der Waals surface area contributed by atoms with Gasteiger partial charge in [-0.3, -0.25) is 9.98 Å². The van der Waals surface area contributed by atoms with Crippen LogP contribution in [0, 0.1) is 5.41 Å². The summed E-state index contributed by atoms with van der Waals surface area (Å²) in [6.45, 7) is 0. The third kappa shape index (κ3) is 2.32. The molecule has 122 valence electrons. The fourth-order valence-electron chi connectivity index (χ4n) is 3.21. The van der Waals surface area contributed by atoms with E-state index in [9.17, 15) is 10.2 Å². The molecule has 2 aromatic rings. The zero-order chi connectivity index (χ0) is 16.0. The van der Waals surface area contributed by atoms with Gasteiger partial charge in [0.15, 0.2) is 23.1 Å². The summed E-state index contributed by atoms with van der Waals surface area (Å²) in [7, 11) is 0. The predicted octanol–water partition coefficient (Wildman–Crippen LogP) is 0.409. The van der Waals surface area contributed by atoms with Gasteiger partial charge in [0.2, 0.25) is 12.1 Å². The van der Waals surface area contributed by atoms with Crippen molar-refractivity contribution in [2.24, 2.45) is 0 Å². The van der Waals surface area contributed by atoms with Gasteiger partial charge in [0.25, 0.3) is 0 Å². The van der Waals surface area contributed by atoms with Crippen molar-refractivity contribution in [1.29, 1.82) is 5.41 Å². The molecule has 0 aromatic carbocycles. The molecule has 0 unspecified atom stereocenters. The van der Waals surface area contributed by atoms with Crippen molar-refractivity contribution >= 4 is 22.9 Å². The zero-order valence-electron chi connectivity index (χ0n) is 12.4. The van der Waals surface area contributed by atoms with E-state index in [2.05, 4.69) is 20.3 Å². The van der Waals surface area contributed by atoms with Crippen LogP contribution in [0.3, 0.4) is 0 Å². The summed E-state index contributed by atoms with van der Waals surface area (Å²) in [4.78, 5) is 12.8. The van der Waals surface area contributed by atoms with Crippen LogP contribution in [-0.4, -0.2) is 53.9 Å². The Morgan fingerprint density at radius 1 is 1.22 bits per heavy atom. The first-order valence-corrected chi connectivity index (χ1v) is 7.70. The van der Waals surface area contributed by atoms with E-state index in [1.165, 1.54) is 30.1 Å². The molecule has 1 saturated carbocycles. The van der Waals surface area contributed by atoms with Crippen LogP contribution in [0.25, 0.3) is 11.2 Å². The number of aromatic nitrogens is 4. The predicted molar refractivity (Wildman–Crippen MR) is 81.1 cm³/mol. The van der Waals surface area contributed by atoms with Gasteiger partial charge >= 0.3 is 0 Å². The number of nitrogens with one attached hydrogen (secondary N) is 2. The number of imidazole rings is 1. The molecule has 2 fully saturated rings. The highest BCUT2D eigenvalue weighted by Gasteiger charge is 2.42. The molecule has 9 nitrogen and oxygen atoms in total. The minimum absolute atomic E-state index is 0.359. The average molecular weight is 318 g/mol. The second kappa shape index (κ2) is 5.43. The number of aliphatic hydroxyl groups is 2. The summed E-state index contributed by atoms with van der Waals surface area (Å²) >= 11 is 0. The highest BCUT2D eigenvalue weighted by Crippen LogP contribution is 2.30. The van der Waals surface area contributed by atoms with E-state index in [0.717, 1.165) is 12.8 Å². The number of hydrogen-bond donors (Lipinski definition) is 4. The molecule has 3 atom stereocenters. The van der Waals surface area contributed by atoms with Gasteiger partial charge in [-0.25, -0.2) is 15.0 Å². The quantitative estimate of drug-likeness (QED) is 0.645. The number of aliphatic hydroxyl groups excluding tert-OH is 2. The van der Waals surface area contributed by atoms with E-state index in [1.54, 1.807) is 0 Å². The molecule has 0 amide bonds. The number of fused-ring (bicyclic) bond motifs is 1. The topological polar surface area (TPSA) is 129 Å². The van der Waals surface area contributed by atoms with Gasteiger partial charge in [0.05, 0.1) is 0 Å². The summed E-state index contributed by atoms with van der Waals surface area (Å²) < 4.78 is 6.76.